The van der Waals surface area contributed by atoms with Crippen LogP contribution in [0.25, 0.3) is 0 Å². The lowest BCUT2D eigenvalue weighted by Gasteiger charge is -2.44. The van der Waals surface area contributed by atoms with Crippen molar-refractivity contribution in [3.63, 3.8) is 0 Å². The normalized spacial score (nSPS) is 37.2. The molecule has 0 radical (unpaired) electrons. The molecule has 2 nitrogen and oxygen atoms in total. The van der Waals surface area contributed by atoms with Gasteiger partial charge in [-0.15, -0.1) is 0 Å². The Hall–Kier alpha value is -0.920. The van der Waals surface area contributed by atoms with E-state index in [9.17, 15) is 0 Å². The molecule has 2 heteroatoms. The van der Waals surface area contributed by atoms with Crippen molar-refractivity contribution in [3.8, 4) is 0 Å². The predicted octanol–water partition coefficient (Wildman–Crippen LogP) is 3.86. The van der Waals surface area contributed by atoms with Crippen molar-refractivity contribution < 1.29 is 0 Å². The van der Waals surface area contributed by atoms with Gasteiger partial charge in [-0.05, 0) is 62.0 Å². The van der Waals surface area contributed by atoms with Crippen molar-refractivity contribution in [2.45, 2.75) is 59.9 Å². The molecule has 2 aliphatic rings. The zero-order valence-electron chi connectivity index (χ0n) is 12.4. The first-order chi connectivity index (χ1) is 8.34. The van der Waals surface area contributed by atoms with Crippen molar-refractivity contribution in [1.29, 1.82) is 0 Å². The highest BCUT2D eigenvalue weighted by molar-refractivity contribution is 5.21. The van der Waals surface area contributed by atoms with Gasteiger partial charge in [-0.3, -0.25) is 4.68 Å². The minimum atomic E-state index is 0.413. The van der Waals surface area contributed by atoms with E-state index in [2.05, 4.69) is 56.9 Å². The number of nitrogens with one attached hydrogen (secondary N) is 1. The summed E-state index contributed by atoms with van der Waals surface area (Å²) in [7, 11) is 0. The van der Waals surface area contributed by atoms with Crippen molar-refractivity contribution in [1.82, 2.24) is 4.68 Å². The monoisotopic (exact) mass is 246 g/mol. The van der Waals surface area contributed by atoms with Gasteiger partial charge in [-0.2, -0.15) is 0 Å². The van der Waals surface area contributed by atoms with Gasteiger partial charge >= 0.3 is 0 Å². The third kappa shape index (κ3) is 1.47. The fourth-order valence-electron chi connectivity index (χ4n) is 4.63. The largest absolute Gasteiger partial charge is 0.322 e. The maximum Gasteiger partial charge on any atom is 0.0531 e. The third-order valence-corrected chi connectivity index (χ3v) is 5.80. The SMILES string of the molecule is Cc1ccc(C)n1NC1C(C)(C)[C@H]2CC[C@]1(C)C2. The second-order valence-corrected chi connectivity index (χ2v) is 7.43. The molecule has 0 spiro atoms. The van der Waals surface area contributed by atoms with Gasteiger partial charge in [-0.1, -0.05) is 20.8 Å². The van der Waals surface area contributed by atoms with Crippen LogP contribution in [-0.2, 0) is 0 Å². The average molecular weight is 246 g/mol. The van der Waals surface area contributed by atoms with Crippen LogP contribution in [0.4, 0.5) is 0 Å². The Bertz CT molecular complexity index is 447. The summed E-state index contributed by atoms with van der Waals surface area (Å²) >= 11 is 0. The molecule has 1 aromatic rings. The van der Waals surface area contributed by atoms with Crippen molar-refractivity contribution in [2.24, 2.45) is 16.7 Å². The summed E-state index contributed by atoms with van der Waals surface area (Å²) in [5.74, 6) is 0.899. The summed E-state index contributed by atoms with van der Waals surface area (Å²) in [6.07, 6.45) is 4.21. The Morgan fingerprint density at radius 3 is 2.28 bits per heavy atom. The van der Waals surface area contributed by atoms with E-state index in [0.717, 1.165) is 5.92 Å². The number of fused-ring (bicyclic) bond motifs is 2. The molecule has 2 bridgehead atoms. The second-order valence-electron chi connectivity index (χ2n) is 7.43. The number of hydrogen-bond acceptors (Lipinski definition) is 1. The lowest BCUT2D eigenvalue weighted by Crippen LogP contribution is -2.49. The molecule has 2 aliphatic carbocycles. The summed E-state index contributed by atoms with van der Waals surface area (Å²) in [4.78, 5) is 0. The molecule has 2 fully saturated rings. The molecule has 3 atom stereocenters. The number of nitrogens with zero attached hydrogens (tertiary/aromatic N) is 1. The number of rotatable bonds is 2. The summed E-state index contributed by atoms with van der Waals surface area (Å²) in [6.45, 7) is 11.8. The van der Waals surface area contributed by atoms with Gasteiger partial charge in [-0.25, -0.2) is 0 Å². The van der Waals surface area contributed by atoms with Crippen LogP contribution < -0.4 is 5.43 Å². The van der Waals surface area contributed by atoms with Gasteiger partial charge in [0.2, 0.25) is 0 Å². The van der Waals surface area contributed by atoms with E-state index < -0.39 is 0 Å². The zero-order chi connectivity index (χ0) is 13.1. The van der Waals surface area contributed by atoms with E-state index in [4.69, 9.17) is 0 Å². The second kappa shape index (κ2) is 3.55. The van der Waals surface area contributed by atoms with Crippen LogP contribution in [0.1, 0.15) is 51.4 Å². The van der Waals surface area contributed by atoms with Gasteiger partial charge in [0.1, 0.15) is 0 Å². The van der Waals surface area contributed by atoms with Gasteiger partial charge in [0.05, 0.1) is 6.04 Å². The Labute approximate surface area is 111 Å². The maximum absolute atomic E-state index is 3.84. The lowest BCUT2D eigenvalue weighted by molar-refractivity contribution is 0.145. The van der Waals surface area contributed by atoms with Crippen LogP contribution in [0, 0.1) is 30.6 Å². The standard InChI is InChI=1S/C16H26N2/c1-11-6-7-12(2)18(11)17-14-15(3,4)13-8-9-16(14,5)10-13/h6-7,13-14,17H,8-10H2,1-5H3/t13-,14?,16+/m0/s1. The van der Waals surface area contributed by atoms with Crippen molar-refractivity contribution in [2.75, 3.05) is 5.43 Å². The van der Waals surface area contributed by atoms with Crippen LogP contribution in [0.3, 0.4) is 0 Å². The quantitative estimate of drug-likeness (QED) is 0.838. The summed E-state index contributed by atoms with van der Waals surface area (Å²) < 4.78 is 2.29. The summed E-state index contributed by atoms with van der Waals surface area (Å²) in [5.41, 5.74) is 7.36. The fraction of sp³-hybridized carbons (Fsp3) is 0.750. The molecule has 2 saturated carbocycles. The first kappa shape index (κ1) is 12.1. The first-order valence-electron chi connectivity index (χ1n) is 7.26. The molecule has 0 aromatic carbocycles. The van der Waals surface area contributed by atoms with E-state index in [1.165, 1.54) is 30.7 Å². The van der Waals surface area contributed by atoms with E-state index in [-0.39, 0.29) is 0 Å². The highest BCUT2D eigenvalue weighted by Gasteiger charge is 2.59. The number of aryl methyl sites for hydroxylation is 2. The Balaban J connectivity index is 1.93. The molecule has 3 rings (SSSR count). The zero-order valence-corrected chi connectivity index (χ0v) is 12.4. The maximum atomic E-state index is 3.84. The highest BCUT2D eigenvalue weighted by atomic mass is 15.4. The minimum Gasteiger partial charge on any atom is -0.322 e. The number of hydrogen-bond donors (Lipinski definition) is 1. The number of aromatic nitrogens is 1. The third-order valence-electron chi connectivity index (χ3n) is 5.80. The van der Waals surface area contributed by atoms with Crippen molar-refractivity contribution >= 4 is 0 Å². The van der Waals surface area contributed by atoms with Gasteiger partial charge in [0.25, 0.3) is 0 Å². The van der Waals surface area contributed by atoms with E-state index in [0.29, 0.717) is 16.9 Å². The molecule has 18 heavy (non-hydrogen) atoms. The van der Waals surface area contributed by atoms with Gasteiger partial charge < -0.3 is 5.43 Å². The van der Waals surface area contributed by atoms with Crippen molar-refractivity contribution in [3.05, 3.63) is 23.5 Å². The Morgan fingerprint density at radius 2 is 1.78 bits per heavy atom. The van der Waals surface area contributed by atoms with Crippen LogP contribution in [-0.4, -0.2) is 10.7 Å². The van der Waals surface area contributed by atoms with Gasteiger partial charge in [0, 0.05) is 11.4 Å². The molecule has 0 aliphatic heterocycles. The molecule has 0 amide bonds. The van der Waals surface area contributed by atoms with Crippen LogP contribution in [0.5, 0.6) is 0 Å². The summed E-state index contributed by atoms with van der Waals surface area (Å²) in [6, 6.07) is 4.99. The molecule has 1 N–H and O–H groups in total. The fourth-order valence-corrected chi connectivity index (χ4v) is 4.63. The lowest BCUT2D eigenvalue weighted by atomic mass is 9.69. The van der Waals surface area contributed by atoms with E-state index in [1.54, 1.807) is 0 Å². The Kier molecular flexibility index (Phi) is 2.39. The molecular formula is C16H26N2. The smallest absolute Gasteiger partial charge is 0.0531 e. The Morgan fingerprint density at radius 1 is 1.17 bits per heavy atom. The minimum absolute atomic E-state index is 0.413. The average Bonchev–Trinajstić information content (AvgIpc) is 2.86. The molecule has 1 aromatic heterocycles. The molecular weight excluding hydrogens is 220 g/mol. The summed E-state index contributed by atoms with van der Waals surface area (Å²) in [5, 5.41) is 0. The highest BCUT2D eigenvalue weighted by Crippen LogP contribution is 2.62. The molecule has 1 unspecified atom stereocenters. The van der Waals surface area contributed by atoms with Crippen LogP contribution in [0.15, 0.2) is 12.1 Å². The van der Waals surface area contributed by atoms with Crippen LogP contribution >= 0.6 is 0 Å². The van der Waals surface area contributed by atoms with Crippen LogP contribution in [0.2, 0.25) is 0 Å². The topological polar surface area (TPSA) is 17.0 Å². The molecule has 100 valence electrons. The first-order valence-corrected chi connectivity index (χ1v) is 7.26. The molecule has 1 heterocycles. The van der Waals surface area contributed by atoms with E-state index in [1.807, 2.05) is 0 Å². The van der Waals surface area contributed by atoms with E-state index >= 15 is 0 Å². The van der Waals surface area contributed by atoms with Gasteiger partial charge in [0.15, 0.2) is 0 Å². The molecule has 0 saturated heterocycles. The predicted molar refractivity (Wildman–Crippen MR) is 76.3 cm³/mol.